The second-order valence-corrected chi connectivity index (χ2v) is 5.47. The van der Waals surface area contributed by atoms with Gasteiger partial charge < -0.3 is 5.73 Å². The first kappa shape index (κ1) is 11.5. The molecule has 0 spiro atoms. The molecule has 1 aromatic rings. The molecule has 0 aliphatic rings. The van der Waals surface area contributed by atoms with Crippen LogP contribution in [0.15, 0.2) is 12.3 Å². The standard InChI is InChI=1S/C11H17BrN2/c1-7-4-10(11(13)14-6-7)8(2)5-9(3)12/h4,6,8-9H,5H2,1-3H3,(H2,13,14). The van der Waals surface area contributed by atoms with Gasteiger partial charge in [-0.1, -0.05) is 35.8 Å². The van der Waals surface area contributed by atoms with Gasteiger partial charge in [-0.25, -0.2) is 4.98 Å². The molecule has 1 aromatic heterocycles. The van der Waals surface area contributed by atoms with Crippen molar-refractivity contribution < 1.29 is 0 Å². The number of rotatable bonds is 3. The molecule has 0 saturated heterocycles. The Morgan fingerprint density at radius 3 is 2.71 bits per heavy atom. The number of aryl methyl sites for hydroxylation is 1. The molecule has 2 nitrogen and oxygen atoms in total. The Labute approximate surface area is 94.0 Å². The lowest BCUT2D eigenvalue weighted by Gasteiger charge is -2.15. The van der Waals surface area contributed by atoms with Gasteiger partial charge in [0, 0.05) is 11.0 Å². The summed E-state index contributed by atoms with van der Waals surface area (Å²) in [6.45, 7) is 6.38. The van der Waals surface area contributed by atoms with Crippen molar-refractivity contribution in [2.24, 2.45) is 0 Å². The third-order valence-electron chi connectivity index (χ3n) is 2.30. The van der Waals surface area contributed by atoms with E-state index < -0.39 is 0 Å². The number of nitrogen functional groups attached to an aromatic ring is 1. The zero-order valence-electron chi connectivity index (χ0n) is 8.92. The molecule has 2 atom stereocenters. The third kappa shape index (κ3) is 2.98. The summed E-state index contributed by atoms with van der Waals surface area (Å²) in [6, 6.07) is 2.13. The van der Waals surface area contributed by atoms with Crippen molar-refractivity contribution in [3.05, 3.63) is 23.4 Å². The van der Waals surface area contributed by atoms with E-state index in [4.69, 9.17) is 5.73 Å². The van der Waals surface area contributed by atoms with Crippen LogP contribution in [-0.4, -0.2) is 9.81 Å². The van der Waals surface area contributed by atoms with E-state index in [1.807, 2.05) is 13.1 Å². The van der Waals surface area contributed by atoms with Crippen molar-refractivity contribution in [1.82, 2.24) is 4.98 Å². The Morgan fingerprint density at radius 2 is 2.14 bits per heavy atom. The zero-order valence-corrected chi connectivity index (χ0v) is 10.5. The highest BCUT2D eigenvalue weighted by Crippen LogP contribution is 2.27. The van der Waals surface area contributed by atoms with E-state index in [0.717, 1.165) is 12.0 Å². The predicted molar refractivity (Wildman–Crippen MR) is 64.8 cm³/mol. The van der Waals surface area contributed by atoms with Crippen LogP contribution < -0.4 is 5.73 Å². The molecule has 14 heavy (non-hydrogen) atoms. The first-order valence-corrected chi connectivity index (χ1v) is 5.78. The maximum Gasteiger partial charge on any atom is 0.126 e. The highest BCUT2D eigenvalue weighted by atomic mass is 79.9. The fourth-order valence-corrected chi connectivity index (χ4v) is 2.17. The number of anilines is 1. The van der Waals surface area contributed by atoms with E-state index in [9.17, 15) is 0 Å². The van der Waals surface area contributed by atoms with Crippen molar-refractivity contribution in [3.8, 4) is 0 Å². The lowest BCUT2D eigenvalue weighted by atomic mass is 9.96. The van der Waals surface area contributed by atoms with E-state index in [2.05, 4.69) is 40.8 Å². The van der Waals surface area contributed by atoms with Crippen LogP contribution in [0.4, 0.5) is 5.82 Å². The SMILES string of the molecule is Cc1cnc(N)c(C(C)CC(C)Br)c1. The van der Waals surface area contributed by atoms with Gasteiger partial charge in [0.05, 0.1) is 0 Å². The van der Waals surface area contributed by atoms with E-state index in [0.29, 0.717) is 16.6 Å². The number of halogens is 1. The Bertz CT molecular complexity index is 310. The molecule has 2 N–H and O–H groups in total. The van der Waals surface area contributed by atoms with Crippen molar-refractivity contribution in [2.75, 3.05) is 5.73 Å². The van der Waals surface area contributed by atoms with Crippen LogP contribution in [0.2, 0.25) is 0 Å². The van der Waals surface area contributed by atoms with Crippen molar-refractivity contribution in [1.29, 1.82) is 0 Å². The summed E-state index contributed by atoms with van der Waals surface area (Å²) < 4.78 is 0. The lowest BCUT2D eigenvalue weighted by Crippen LogP contribution is -2.05. The maximum absolute atomic E-state index is 5.84. The minimum atomic E-state index is 0.455. The fourth-order valence-electron chi connectivity index (χ4n) is 1.61. The molecule has 2 unspecified atom stereocenters. The van der Waals surface area contributed by atoms with Gasteiger partial charge in [-0.2, -0.15) is 0 Å². The van der Waals surface area contributed by atoms with Crippen LogP contribution in [0.5, 0.6) is 0 Å². The predicted octanol–water partition coefficient (Wildman–Crippen LogP) is 3.25. The highest BCUT2D eigenvalue weighted by molar-refractivity contribution is 9.09. The van der Waals surface area contributed by atoms with E-state index in [1.165, 1.54) is 5.56 Å². The van der Waals surface area contributed by atoms with Gasteiger partial charge in [-0.3, -0.25) is 0 Å². The Kier molecular flexibility index (Phi) is 3.93. The van der Waals surface area contributed by atoms with Gasteiger partial charge in [-0.05, 0) is 30.4 Å². The zero-order chi connectivity index (χ0) is 10.7. The monoisotopic (exact) mass is 256 g/mol. The van der Waals surface area contributed by atoms with Crippen molar-refractivity contribution in [3.63, 3.8) is 0 Å². The minimum Gasteiger partial charge on any atom is -0.383 e. The Morgan fingerprint density at radius 1 is 1.50 bits per heavy atom. The largest absolute Gasteiger partial charge is 0.383 e. The molecule has 0 radical (unpaired) electrons. The molecule has 0 bridgehead atoms. The van der Waals surface area contributed by atoms with E-state index in [1.54, 1.807) is 0 Å². The summed E-state index contributed by atoms with van der Waals surface area (Å²) in [5.74, 6) is 1.12. The highest BCUT2D eigenvalue weighted by Gasteiger charge is 2.12. The van der Waals surface area contributed by atoms with Crippen LogP contribution in [0.25, 0.3) is 0 Å². The van der Waals surface area contributed by atoms with E-state index >= 15 is 0 Å². The van der Waals surface area contributed by atoms with Crippen molar-refractivity contribution >= 4 is 21.7 Å². The quantitative estimate of drug-likeness (QED) is 0.844. The van der Waals surface area contributed by atoms with Gasteiger partial charge in [-0.15, -0.1) is 0 Å². The second kappa shape index (κ2) is 4.78. The van der Waals surface area contributed by atoms with Gasteiger partial charge in [0.25, 0.3) is 0 Å². The third-order valence-corrected chi connectivity index (χ3v) is 2.67. The van der Waals surface area contributed by atoms with Gasteiger partial charge >= 0.3 is 0 Å². The molecule has 0 aliphatic heterocycles. The summed E-state index contributed by atoms with van der Waals surface area (Å²) in [5, 5.41) is 0. The average Bonchev–Trinajstić information content (AvgIpc) is 2.08. The average molecular weight is 257 g/mol. The molecule has 0 aliphatic carbocycles. The number of nitrogens with two attached hydrogens (primary N) is 1. The summed E-state index contributed by atoms with van der Waals surface area (Å²) in [6.07, 6.45) is 2.89. The summed E-state index contributed by atoms with van der Waals surface area (Å²) in [4.78, 5) is 4.68. The Balaban J connectivity index is 2.88. The summed E-state index contributed by atoms with van der Waals surface area (Å²) >= 11 is 3.55. The smallest absolute Gasteiger partial charge is 0.126 e. The number of pyridine rings is 1. The normalized spacial score (nSPS) is 15.1. The maximum atomic E-state index is 5.84. The first-order chi connectivity index (χ1) is 6.50. The van der Waals surface area contributed by atoms with Crippen LogP contribution in [0.1, 0.15) is 37.3 Å². The summed E-state index contributed by atoms with van der Waals surface area (Å²) in [7, 11) is 0. The van der Waals surface area contributed by atoms with Crippen LogP contribution in [0, 0.1) is 6.92 Å². The topological polar surface area (TPSA) is 38.9 Å². The fraction of sp³-hybridized carbons (Fsp3) is 0.545. The molecule has 78 valence electrons. The second-order valence-electron chi connectivity index (χ2n) is 3.90. The molecular formula is C11H17BrN2. The molecular weight excluding hydrogens is 240 g/mol. The van der Waals surface area contributed by atoms with Crippen molar-refractivity contribution in [2.45, 2.75) is 37.9 Å². The van der Waals surface area contributed by atoms with Gasteiger partial charge in [0.2, 0.25) is 0 Å². The minimum absolute atomic E-state index is 0.455. The van der Waals surface area contributed by atoms with Gasteiger partial charge in [0.15, 0.2) is 0 Å². The number of hydrogen-bond donors (Lipinski definition) is 1. The Hall–Kier alpha value is -0.570. The van der Waals surface area contributed by atoms with Crippen LogP contribution >= 0.6 is 15.9 Å². The van der Waals surface area contributed by atoms with Gasteiger partial charge in [0.1, 0.15) is 5.82 Å². The van der Waals surface area contributed by atoms with Crippen LogP contribution in [0.3, 0.4) is 0 Å². The molecule has 0 fully saturated rings. The number of hydrogen-bond acceptors (Lipinski definition) is 2. The first-order valence-electron chi connectivity index (χ1n) is 4.86. The number of aromatic nitrogens is 1. The molecule has 0 amide bonds. The van der Waals surface area contributed by atoms with Crippen LogP contribution in [-0.2, 0) is 0 Å². The van der Waals surface area contributed by atoms with E-state index in [-0.39, 0.29) is 0 Å². The molecule has 1 heterocycles. The molecule has 0 saturated carbocycles. The molecule has 0 aromatic carbocycles. The number of alkyl halides is 1. The summed E-state index contributed by atoms with van der Waals surface area (Å²) in [5.41, 5.74) is 8.17. The lowest BCUT2D eigenvalue weighted by molar-refractivity contribution is 0.681. The number of nitrogens with zero attached hydrogens (tertiary/aromatic N) is 1. The molecule has 3 heteroatoms. The molecule has 1 rings (SSSR count).